The topological polar surface area (TPSA) is 79.6 Å². The zero-order valence-corrected chi connectivity index (χ0v) is 17.9. The van der Waals surface area contributed by atoms with E-state index >= 15 is 0 Å². The molecule has 8 nitrogen and oxygen atoms in total. The van der Waals surface area contributed by atoms with Gasteiger partial charge in [0.05, 0.1) is 13.2 Å². The molecular formula is C20H37N7O. The SMILES string of the molecule is Cc1nnc(CN=C(NCCN2CCOCC2)NC2CC(C)CC(C)C2)n1C. The fraction of sp³-hybridized carbons (Fsp3) is 0.850. The maximum atomic E-state index is 5.44. The summed E-state index contributed by atoms with van der Waals surface area (Å²) < 4.78 is 7.43. The number of hydrogen-bond acceptors (Lipinski definition) is 5. The molecule has 0 amide bonds. The number of morpholine rings is 1. The molecule has 158 valence electrons. The number of nitrogens with zero attached hydrogens (tertiary/aromatic N) is 5. The lowest BCUT2D eigenvalue weighted by molar-refractivity contribution is 0.0389. The number of nitrogens with one attached hydrogen (secondary N) is 2. The van der Waals surface area contributed by atoms with Gasteiger partial charge in [0, 0.05) is 39.3 Å². The summed E-state index contributed by atoms with van der Waals surface area (Å²) in [5, 5.41) is 15.6. The van der Waals surface area contributed by atoms with E-state index in [2.05, 4.69) is 39.6 Å². The molecule has 2 unspecified atom stereocenters. The summed E-state index contributed by atoms with van der Waals surface area (Å²) in [4.78, 5) is 7.26. The zero-order chi connectivity index (χ0) is 19.9. The third kappa shape index (κ3) is 6.17. The van der Waals surface area contributed by atoms with E-state index in [-0.39, 0.29) is 0 Å². The predicted octanol–water partition coefficient (Wildman–Crippen LogP) is 1.32. The Morgan fingerprint density at radius 2 is 1.86 bits per heavy atom. The normalized spacial score (nSPS) is 27.0. The Hall–Kier alpha value is -1.67. The summed E-state index contributed by atoms with van der Waals surface area (Å²) in [7, 11) is 1.99. The summed E-state index contributed by atoms with van der Waals surface area (Å²) in [5.74, 6) is 4.21. The van der Waals surface area contributed by atoms with Crippen LogP contribution in [0.2, 0.25) is 0 Å². The number of aromatic nitrogens is 3. The van der Waals surface area contributed by atoms with Gasteiger partial charge in [0.2, 0.25) is 0 Å². The summed E-state index contributed by atoms with van der Waals surface area (Å²) in [6.45, 7) is 12.8. The van der Waals surface area contributed by atoms with Crippen LogP contribution in [0.25, 0.3) is 0 Å². The first kappa shape index (κ1) is 21.0. The molecule has 0 spiro atoms. The predicted molar refractivity (Wildman–Crippen MR) is 111 cm³/mol. The minimum Gasteiger partial charge on any atom is -0.379 e. The van der Waals surface area contributed by atoms with E-state index in [0.717, 1.165) is 68.8 Å². The third-order valence-corrected chi connectivity index (χ3v) is 5.90. The number of ether oxygens (including phenoxy) is 1. The molecule has 0 bridgehead atoms. The smallest absolute Gasteiger partial charge is 0.191 e. The molecule has 1 aromatic rings. The van der Waals surface area contributed by atoms with Gasteiger partial charge >= 0.3 is 0 Å². The Labute approximate surface area is 169 Å². The van der Waals surface area contributed by atoms with Crippen molar-refractivity contribution < 1.29 is 4.74 Å². The lowest BCUT2D eigenvalue weighted by Gasteiger charge is -2.33. The van der Waals surface area contributed by atoms with Crippen LogP contribution in [-0.2, 0) is 18.3 Å². The molecule has 2 atom stereocenters. The molecule has 1 aromatic heterocycles. The number of guanidine groups is 1. The molecule has 1 aliphatic carbocycles. The molecule has 3 rings (SSSR count). The third-order valence-electron chi connectivity index (χ3n) is 5.90. The Bertz CT molecular complexity index is 628. The highest BCUT2D eigenvalue weighted by atomic mass is 16.5. The lowest BCUT2D eigenvalue weighted by atomic mass is 9.80. The van der Waals surface area contributed by atoms with Crippen LogP contribution in [-0.4, -0.2) is 71.1 Å². The van der Waals surface area contributed by atoms with Crippen LogP contribution in [0.1, 0.15) is 44.8 Å². The van der Waals surface area contributed by atoms with Gasteiger partial charge in [-0.05, 0) is 38.0 Å². The molecule has 2 fully saturated rings. The van der Waals surface area contributed by atoms with E-state index in [1.165, 1.54) is 19.3 Å². The molecule has 0 aromatic carbocycles. The summed E-state index contributed by atoms with van der Waals surface area (Å²) in [5.41, 5.74) is 0. The minimum absolute atomic E-state index is 0.481. The van der Waals surface area contributed by atoms with E-state index in [4.69, 9.17) is 9.73 Å². The van der Waals surface area contributed by atoms with Crippen molar-refractivity contribution in [3.05, 3.63) is 11.6 Å². The number of aliphatic imine (C=N–C) groups is 1. The van der Waals surface area contributed by atoms with Gasteiger partial charge in [-0.2, -0.15) is 0 Å². The molecule has 2 heterocycles. The lowest BCUT2D eigenvalue weighted by Crippen LogP contribution is -2.48. The van der Waals surface area contributed by atoms with Crippen LogP contribution in [0.3, 0.4) is 0 Å². The van der Waals surface area contributed by atoms with E-state index in [9.17, 15) is 0 Å². The van der Waals surface area contributed by atoms with Gasteiger partial charge in [-0.15, -0.1) is 10.2 Å². The van der Waals surface area contributed by atoms with E-state index in [1.807, 2.05) is 18.5 Å². The molecule has 0 radical (unpaired) electrons. The van der Waals surface area contributed by atoms with Crippen molar-refractivity contribution in [3.63, 3.8) is 0 Å². The van der Waals surface area contributed by atoms with Gasteiger partial charge in [-0.1, -0.05) is 13.8 Å². The maximum absolute atomic E-state index is 5.44. The molecule has 2 aliphatic rings. The monoisotopic (exact) mass is 391 g/mol. The summed E-state index contributed by atoms with van der Waals surface area (Å²) >= 11 is 0. The first-order chi connectivity index (χ1) is 13.5. The number of rotatable bonds is 6. The van der Waals surface area contributed by atoms with Crippen molar-refractivity contribution in [2.45, 2.75) is 52.6 Å². The van der Waals surface area contributed by atoms with Crippen LogP contribution in [0, 0.1) is 18.8 Å². The van der Waals surface area contributed by atoms with Crippen molar-refractivity contribution >= 4 is 5.96 Å². The van der Waals surface area contributed by atoms with Gasteiger partial charge in [0.1, 0.15) is 12.4 Å². The number of hydrogen-bond donors (Lipinski definition) is 2. The van der Waals surface area contributed by atoms with Crippen molar-refractivity contribution in [1.29, 1.82) is 0 Å². The average molecular weight is 392 g/mol. The maximum Gasteiger partial charge on any atom is 0.191 e. The Morgan fingerprint density at radius 1 is 1.14 bits per heavy atom. The molecule has 1 aliphatic heterocycles. The van der Waals surface area contributed by atoms with Crippen LogP contribution in [0.4, 0.5) is 0 Å². The summed E-state index contributed by atoms with van der Waals surface area (Å²) in [6, 6.07) is 0.481. The Morgan fingerprint density at radius 3 is 2.50 bits per heavy atom. The molecule has 1 saturated heterocycles. The Balaban J connectivity index is 1.58. The zero-order valence-electron chi connectivity index (χ0n) is 17.9. The van der Waals surface area contributed by atoms with Crippen LogP contribution < -0.4 is 10.6 Å². The number of aryl methyl sites for hydroxylation is 1. The second-order valence-corrected chi connectivity index (χ2v) is 8.53. The Kier molecular flexibility index (Phi) is 7.67. The van der Waals surface area contributed by atoms with Crippen molar-refractivity contribution in [2.75, 3.05) is 39.4 Å². The van der Waals surface area contributed by atoms with E-state index in [1.54, 1.807) is 0 Å². The molecular weight excluding hydrogens is 354 g/mol. The molecule has 8 heteroatoms. The first-order valence-electron chi connectivity index (χ1n) is 10.7. The average Bonchev–Trinajstić information content (AvgIpc) is 2.98. The van der Waals surface area contributed by atoms with Gasteiger partial charge < -0.3 is 19.9 Å². The van der Waals surface area contributed by atoms with Crippen LogP contribution in [0.5, 0.6) is 0 Å². The van der Waals surface area contributed by atoms with Gasteiger partial charge in [0.25, 0.3) is 0 Å². The van der Waals surface area contributed by atoms with Crippen molar-refractivity contribution in [1.82, 2.24) is 30.3 Å². The van der Waals surface area contributed by atoms with Crippen LogP contribution in [0.15, 0.2) is 4.99 Å². The quantitative estimate of drug-likeness (QED) is 0.562. The first-order valence-corrected chi connectivity index (χ1v) is 10.7. The molecule has 1 saturated carbocycles. The van der Waals surface area contributed by atoms with E-state index in [0.29, 0.717) is 12.6 Å². The van der Waals surface area contributed by atoms with E-state index < -0.39 is 0 Å². The van der Waals surface area contributed by atoms with Gasteiger partial charge in [-0.3, -0.25) is 4.90 Å². The van der Waals surface area contributed by atoms with Crippen molar-refractivity contribution in [2.24, 2.45) is 23.9 Å². The fourth-order valence-corrected chi connectivity index (χ4v) is 4.31. The van der Waals surface area contributed by atoms with Crippen molar-refractivity contribution in [3.8, 4) is 0 Å². The second kappa shape index (κ2) is 10.2. The highest BCUT2D eigenvalue weighted by molar-refractivity contribution is 5.80. The second-order valence-electron chi connectivity index (χ2n) is 8.53. The standard InChI is InChI=1S/C20H37N7O/c1-15-11-16(2)13-18(12-15)23-20(21-5-6-27-7-9-28-10-8-27)22-14-19-25-24-17(3)26(19)4/h15-16,18H,5-14H2,1-4H3,(H2,21,22,23). The molecule has 2 N–H and O–H groups in total. The highest BCUT2D eigenvalue weighted by Gasteiger charge is 2.24. The minimum atomic E-state index is 0.481. The highest BCUT2D eigenvalue weighted by Crippen LogP contribution is 2.28. The van der Waals surface area contributed by atoms with Gasteiger partial charge in [0.15, 0.2) is 11.8 Å². The van der Waals surface area contributed by atoms with Gasteiger partial charge in [-0.25, -0.2) is 4.99 Å². The fourth-order valence-electron chi connectivity index (χ4n) is 4.31. The summed E-state index contributed by atoms with van der Waals surface area (Å²) in [6.07, 6.45) is 3.74. The van der Waals surface area contributed by atoms with Crippen LogP contribution >= 0.6 is 0 Å². The largest absolute Gasteiger partial charge is 0.379 e. The molecule has 28 heavy (non-hydrogen) atoms.